The maximum Gasteiger partial charge on any atom is 0.471 e. The van der Waals surface area contributed by atoms with E-state index in [9.17, 15) is 32.9 Å². The maximum atomic E-state index is 12.7. The number of halogens is 3. The summed E-state index contributed by atoms with van der Waals surface area (Å²) in [6.45, 7) is -0.0758. The molecule has 1 unspecified atom stereocenters. The molecular weight excluding hydrogens is 331 g/mol. The number of anilines is 1. The van der Waals surface area contributed by atoms with E-state index in [1.54, 1.807) is 0 Å². The Bertz CT molecular complexity index is 678. The summed E-state index contributed by atoms with van der Waals surface area (Å²) in [6, 6.07) is 3.66. The molecule has 2 rings (SSSR count). The minimum absolute atomic E-state index is 0.0393. The highest BCUT2D eigenvalue weighted by atomic mass is 19.4. The van der Waals surface area contributed by atoms with E-state index in [-0.39, 0.29) is 24.2 Å². The van der Waals surface area contributed by atoms with E-state index in [2.05, 4.69) is 0 Å². The second-order valence-electron chi connectivity index (χ2n) is 5.35. The first-order valence-electron chi connectivity index (χ1n) is 7.01. The molecule has 24 heavy (non-hydrogen) atoms. The van der Waals surface area contributed by atoms with Crippen molar-refractivity contribution in [3.63, 3.8) is 0 Å². The standard InChI is InChI=1S/C14H14F3N3O4/c1-18(10-5-4-9(8-21)7-11(10)20(23)24)12-3-2-6-19(12)13(22)14(15,16)17/h4-5,7-8,12H,2-3,6H2,1H3. The van der Waals surface area contributed by atoms with E-state index in [1.807, 2.05) is 0 Å². The Morgan fingerprint density at radius 2 is 2.12 bits per heavy atom. The van der Waals surface area contributed by atoms with Gasteiger partial charge in [0.15, 0.2) is 0 Å². The predicted octanol–water partition coefficient (Wildman–Crippen LogP) is 2.35. The summed E-state index contributed by atoms with van der Waals surface area (Å²) >= 11 is 0. The molecule has 10 heteroatoms. The lowest BCUT2D eigenvalue weighted by Gasteiger charge is -2.34. The number of alkyl halides is 3. The van der Waals surface area contributed by atoms with Crippen molar-refractivity contribution >= 4 is 23.6 Å². The van der Waals surface area contributed by atoms with Crippen LogP contribution in [0.15, 0.2) is 18.2 Å². The third-order valence-electron chi connectivity index (χ3n) is 3.88. The van der Waals surface area contributed by atoms with Crippen LogP contribution in [0.5, 0.6) is 0 Å². The van der Waals surface area contributed by atoms with Gasteiger partial charge < -0.3 is 9.80 Å². The topological polar surface area (TPSA) is 83.8 Å². The van der Waals surface area contributed by atoms with E-state index in [0.29, 0.717) is 17.6 Å². The molecule has 0 radical (unpaired) electrons. The van der Waals surface area contributed by atoms with Gasteiger partial charge in [-0.2, -0.15) is 13.2 Å². The van der Waals surface area contributed by atoms with Crippen LogP contribution in [0.3, 0.4) is 0 Å². The highest BCUT2D eigenvalue weighted by Crippen LogP contribution is 2.34. The quantitative estimate of drug-likeness (QED) is 0.475. The molecule has 1 aliphatic rings. The van der Waals surface area contributed by atoms with Gasteiger partial charge in [0, 0.05) is 25.2 Å². The summed E-state index contributed by atoms with van der Waals surface area (Å²) in [5, 5.41) is 11.2. The molecule has 1 atom stereocenters. The number of benzene rings is 1. The van der Waals surface area contributed by atoms with Crippen LogP contribution in [0.1, 0.15) is 23.2 Å². The van der Waals surface area contributed by atoms with Crippen molar-refractivity contribution < 1.29 is 27.7 Å². The second-order valence-corrected chi connectivity index (χ2v) is 5.35. The summed E-state index contributed by atoms with van der Waals surface area (Å²) in [5.74, 6) is -1.97. The molecule has 1 heterocycles. The van der Waals surface area contributed by atoms with Gasteiger partial charge in [-0.25, -0.2) is 0 Å². The van der Waals surface area contributed by atoms with Gasteiger partial charge in [0.1, 0.15) is 18.1 Å². The van der Waals surface area contributed by atoms with E-state index >= 15 is 0 Å². The van der Waals surface area contributed by atoms with Gasteiger partial charge in [-0.3, -0.25) is 19.7 Å². The normalized spacial score (nSPS) is 17.7. The van der Waals surface area contributed by atoms with E-state index in [0.717, 1.165) is 6.07 Å². The zero-order valence-corrected chi connectivity index (χ0v) is 12.6. The van der Waals surface area contributed by atoms with Crippen molar-refractivity contribution in [1.29, 1.82) is 0 Å². The van der Waals surface area contributed by atoms with Crippen LogP contribution in [-0.4, -0.2) is 48.0 Å². The average molecular weight is 345 g/mol. The molecule has 7 nitrogen and oxygen atoms in total. The minimum Gasteiger partial charge on any atom is -0.349 e. The smallest absolute Gasteiger partial charge is 0.349 e. The van der Waals surface area contributed by atoms with Crippen molar-refractivity contribution in [2.24, 2.45) is 0 Å². The highest BCUT2D eigenvalue weighted by molar-refractivity contribution is 5.83. The van der Waals surface area contributed by atoms with Gasteiger partial charge in [-0.15, -0.1) is 0 Å². The van der Waals surface area contributed by atoms with Gasteiger partial charge in [0.2, 0.25) is 0 Å². The van der Waals surface area contributed by atoms with E-state index in [1.165, 1.54) is 24.1 Å². The molecule has 1 saturated heterocycles. The summed E-state index contributed by atoms with van der Waals surface area (Å²) in [5.41, 5.74) is -0.292. The third kappa shape index (κ3) is 3.31. The number of nitrogens with zero attached hydrogens (tertiary/aromatic N) is 3. The van der Waals surface area contributed by atoms with Gasteiger partial charge >= 0.3 is 12.1 Å². The molecule has 1 aliphatic heterocycles. The fraction of sp³-hybridized carbons (Fsp3) is 0.429. The Morgan fingerprint density at radius 3 is 2.67 bits per heavy atom. The van der Waals surface area contributed by atoms with Crippen LogP contribution in [0.2, 0.25) is 0 Å². The largest absolute Gasteiger partial charge is 0.471 e. The maximum absolute atomic E-state index is 12.7. The Balaban J connectivity index is 2.37. The van der Waals surface area contributed by atoms with Crippen molar-refractivity contribution in [3.05, 3.63) is 33.9 Å². The monoisotopic (exact) mass is 345 g/mol. The van der Waals surface area contributed by atoms with Crippen LogP contribution in [0.25, 0.3) is 0 Å². The van der Waals surface area contributed by atoms with Crippen molar-refractivity contribution in [2.75, 3.05) is 18.5 Å². The number of nitro groups is 1. The molecule has 1 amide bonds. The van der Waals surface area contributed by atoms with Crippen LogP contribution in [-0.2, 0) is 4.79 Å². The summed E-state index contributed by atoms with van der Waals surface area (Å²) in [6.07, 6.45) is -4.90. The number of rotatable bonds is 4. The number of aldehydes is 1. The van der Waals surface area contributed by atoms with Gasteiger partial charge in [0.05, 0.1) is 4.92 Å². The molecule has 1 aromatic carbocycles. The van der Waals surface area contributed by atoms with Gasteiger partial charge in [-0.1, -0.05) is 0 Å². The Morgan fingerprint density at radius 1 is 1.46 bits per heavy atom. The number of amides is 1. The molecule has 1 fully saturated rings. The first kappa shape index (κ1) is 17.7. The number of hydrogen-bond donors (Lipinski definition) is 0. The Kier molecular flexibility index (Phi) is 4.76. The van der Waals surface area contributed by atoms with Crippen LogP contribution >= 0.6 is 0 Å². The second kappa shape index (κ2) is 6.46. The molecule has 0 bridgehead atoms. The number of likely N-dealkylation sites (tertiary alicyclic amines) is 1. The molecule has 0 N–H and O–H groups in total. The molecule has 0 saturated carbocycles. The van der Waals surface area contributed by atoms with Crippen LogP contribution in [0.4, 0.5) is 24.5 Å². The highest BCUT2D eigenvalue weighted by Gasteiger charge is 2.47. The van der Waals surface area contributed by atoms with E-state index < -0.39 is 28.9 Å². The molecule has 0 aliphatic carbocycles. The summed E-state index contributed by atoms with van der Waals surface area (Å²) < 4.78 is 38.1. The molecule has 0 spiro atoms. The van der Waals surface area contributed by atoms with Crippen molar-refractivity contribution in [2.45, 2.75) is 25.2 Å². The zero-order chi connectivity index (χ0) is 18.1. The van der Waals surface area contributed by atoms with Crippen molar-refractivity contribution in [1.82, 2.24) is 4.90 Å². The van der Waals surface area contributed by atoms with Gasteiger partial charge in [0.25, 0.3) is 5.69 Å². The number of carbonyl (C=O) groups is 2. The third-order valence-corrected chi connectivity index (χ3v) is 3.88. The fourth-order valence-electron chi connectivity index (χ4n) is 2.77. The number of nitro benzene ring substituents is 1. The zero-order valence-electron chi connectivity index (χ0n) is 12.6. The lowest BCUT2D eigenvalue weighted by molar-refractivity contribution is -0.384. The Hall–Kier alpha value is -2.65. The lowest BCUT2D eigenvalue weighted by Crippen LogP contribution is -2.50. The average Bonchev–Trinajstić information content (AvgIpc) is 3.01. The lowest BCUT2D eigenvalue weighted by atomic mass is 10.1. The number of hydrogen-bond acceptors (Lipinski definition) is 5. The molecular formula is C14H14F3N3O4. The predicted molar refractivity (Wildman–Crippen MR) is 77.7 cm³/mol. The van der Waals surface area contributed by atoms with Crippen molar-refractivity contribution in [3.8, 4) is 0 Å². The molecule has 1 aromatic rings. The van der Waals surface area contributed by atoms with E-state index in [4.69, 9.17) is 0 Å². The van der Waals surface area contributed by atoms with Gasteiger partial charge in [-0.05, 0) is 25.0 Å². The van der Waals surface area contributed by atoms with Crippen LogP contribution < -0.4 is 4.90 Å². The first-order valence-corrected chi connectivity index (χ1v) is 7.01. The minimum atomic E-state index is -5.00. The first-order chi connectivity index (χ1) is 11.2. The number of carbonyl (C=O) groups excluding carboxylic acids is 2. The fourth-order valence-corrected chi connectivity index (χ4v) is 2.77. The molecule has 130 valence electrons. The van der Waals surface area contributed by atoms with Crippen LogP contribution in [0, 0.1) is 10.1 Å². The summed E-state index contributed by atoms with van der Waals surface area (Å²) in [7, 11) is 1.38. The Labute approximate surface area is 134 Å². The summed E-state index contributed by atoms with van der Waals surface area (Å²) in [4.78, 5) is 34.7. The SMILES string of the molecule is CN(c1ccc(C=O)cc1[N+](=O)[O-])C1CCCN1C(=O)C(F)(F)F. The molecule has 0 aromatic heterocycles.